The van der Waals surface area contributed by atoms with Gasteiger partial charge in [-0.2, -0.15) is 0 Å². The van der Waals surface area contributed by atoms with Gasteiger partial charge in [0.2, 0.25) is 0 Å². The molecule has 0 bridgehead atoms. The fourth-order valence-corrected chi connectivity index (χ4v) is 3.65. The van der Waals surface area contributed by atoms with Gasteiger partial charge in [0.15, 0.2) is 0 Å². The Morgan fingerprint density at radius 1 is 0.947 bits per heavy atom. The molecule has 0 aliphatic carbocycles. The summed E-state index contributed by atoms with van der Waals surface area (Å²) in [5.74, 6) is -0.218. The largest absolute Gasteiger partial charge is 0.205 e. The molecule has 0 aliphatic rings. The van der Waals surface area contributed by atoms with Crippen molar-refractivity contribution in [3.63, 3.8) is 0 Å². The van der Waals surface area contributed by atoms with E-state index < -0.39 is 0 Å². The van der Waals surface area contributed by atoms with E-state index in [1.54, 1.807) is 12.1 Å². The van der Waals surface area contributed by atoms with Crippen molar-refractivity contribution in [2.24, 2.45) is 0 Å². The lowest BCUT2D eigenvalue weighted by atomic mass is 9.98. The molecule has 0 heterocycles. The predicted molar refractivity (Wildman–Crippen MR) is 88.5 cm³/mol. The van der Waals surface area contributed by atoms with Crippen molar-refractivity contribution >= 4 is 47.8 Å². The van der Waals surface area contributed by atoms with Gasteiger partial charge in [-0.1, -0.05) is 50.1 Å². The van der Waals surface area contributed by atoms with Crippen LogP contribution in [0.1, 0.15) is 27.1 Å². The summed E-state index contributed by atoms with van der Waals surface area (Å²) in [7, 11) is 0. The summed E-state index contributed by atoms with van der Waals surface area (Å²) in [6.45, 7) is 4.06. The van der Waals surface area contributed by atoms with E-state index in [9.17, 15) is 4.39 Å². The van der Waals surface area contributed by atoms with Crippen LogP contribution in [0.4, 0.5) is 4.39 Å². The van der Waals surface area contributed by atoms with E-state index >= 15 is 0 Å². The van der Waals surface area contributed by atoms with E-state index in [-0.39, 0.29) is 10.6 Å². The molecular formula is C15H12Br3F. The van der Waals surface area contributed by atoms with E-state index in [4.69, 9.17) is 0 Å². The number of halogens is 4. The van der Waals surface area contributed by atoms with Crippen molar-refractivity contribution in [2.75, 3.05) is 0 Å². The quantitative estimate of drug-likeness (QED) is 0.461. The third-order valence-corrected chi connectivity index (χ3v) is 5.53. The lowest BCUT2D eigenvalue weighted by molar-refractivity contribution is 0.607. The third-order valence-electron chi connectivity index (χ3n) is 3.07. The molecule has 1 unspecified atom stereocenters. The van der Waals surface area contributed by atoms with Gasteiger partial charge in [0.05, 0.1) is 9.30 Å². The highest BCUT2D eigenvalue weighted by Gasteiger charge is 2.18. The molecule has 0 spiro atoms. The fraction of sp³-hybridized carbons (Fsp3) is 0.200. The summed E-state index contributed by atoms with van der Waals surface area (Å²) in [6, 6.07) is 9.50. The van der Waals surface area contributed by atoms with Crippen molar-refractivity contribution < 1.29 is 4.39 Å². The maximum absolute atomic E-state index is 14.2. The van der Waals surface area contributed by atoms with Crippen LogP contribution in [-0.2, 0) is 0 Å². The molecular weight excluding hydrogens is 439 g/mol. The molecule has 4 heteroatoms. The topological polar surface area (TPSA) is 0 Å². The summed E-state index contributed by atoms with van der Waals surface area (Å²) in [4.78, 5) is -0.156. The number of alkyl halides is 1. The standard InChI is InChI=1S/C15H12Br3F/c1-8-7-13(17)9(2)6-11(8)14(18)10-4-3-5-12(16)15(10)19/h3-7,14H,1-2H3. The van der Waals surface area contributed by atoms with Crippen LogP contribution >= 0.6 is 47.8 Å². The van der Waals surface area contributed by atoms with Crippen LogP contribution in [-0.4, -0.2) is 0 Å². The predicted octanol–water partition coefficient (Wildman–Crippen LogP) is 6.45. The van der Waals surface area contributed by atoms with Gasteiger partial charge in [-0.3, -0.25) is 0 Å². The Labute approximate surface area is 137 Å². The van der Waals surface area contributed by atoms with Crippen LogP contribution in [0.5, 0.6) is 0 Å². The Hall–Kier alpha value is -0.190. The molecule has 100 valence electrons. The van der Waals surface area contributed by atoms with E-state index in [1.807, 2.05) is 19.9 Å². The van der Waals surface area contributed by atoms with Crippen LogP contribution in [0.2, 0.25) is 0 Å². The van der Waals surface area contributed by atoms with E-state index in [0.717, 1.165) is 21.2 Å². The minimum Gasteiger partial charge on any atom is -0.205 e. The van der Waals surface area contributed by atoms with E-state index in [1.165, 1.54) is 0 Å². The fourth-order valence-electron chi connectivity index (χ4n) is 1.96. The zero-order valence-corrected chi connectivity index (χ0v) is 15.2. The van der Waals surface area contributed by atoms with E-state index in [2.05, 4.69) is 59.9 Å². The zero-order chi connectivity index (χ0) is 14.2. The molecule has 0 N–H and O–H groups in total. The van der Waals surface area contributed by atoms with Crippen molar-refractivity contribution in [2.45, 2.75) is 18.7 Å². The molecule has 0 nitrogen and oxygen atoms in total. The van der Waals surface area contributed by atoms with Gasteiger partial charge in [-0.25, -0.2) is 4.39 Å². The van der Waals surface area contributed by atoms with Crippen molar-refractivity contribution in [3.8, 4) is 0 Å². The average molecular weight is 451 g/mol. The summed E-state index contributed by atoms with van der Waals surface area (Å²) in [5, 5.41) is 0. The third kappa shape index (κ3) is 3.11. The lowest BCUT2D eigenvalue weighted by Crippen LogP contribution is -2.00. The van der Waals surface area contributed by atoms with Crippen molar-refractivity contribution in [1.29, 1.82) is 0 Å². The number of rotatable bonds is 2. The minimum absolute atomic E-state index is 0.156. The SMILES string of the molecule is Cc1cc(C(Br)c2cccc(Br)c2F)c(C)cc1Br. The molecule has 0 fully saturated rings. The minimum atomic E-state index is -0.218. The maximum atomic E-state index is 14.2. The molecule has 0 radical (unpaired) electrons. The Morgan fingerprint density at radius 2 is 1.63 bits per heavy atom. The number of aryl methyl sites for hydroxylation is 2. The summed E-state index contributed by atoms with van der Waals surface area (Å²) in [6.07, 6.45) is 0. The Kier molecular flexibility index (Phi) is 4.85. The molecule has 1 atom stereocenters. The highest BCUT2D eigenvalue weighted by molar-refractivity contribution is 9.11. The van der Waals surface area contributed by atoms with Crippen LogP contribution in [0.3, 0.4) is 0 Å². The van der Waals surface area contributed by atoms with Gasteiger partial charge < -0.3 is 0 Å². The van der Waals surface area contributed by atoms with Crippen LogP contribution in [0, 0.1) is 19.7 Å². The molecule has 2 aromatic carbocycles. The Morgan fingerprint density at radius 3 is 2.32 bits per heavy atom. The highest BCUT2D eigenvalue weighted by atomic mass is 79.9. The van der Waals surface area contributed by atoms with Gasteiger partial charge in [0.25, 0.3) is 0 Å². The molecule has 19 heavy (non-hydrogen) atoms. The second-order valence-electron chi connectivity index (χ2n) is 4.46. The summed E-state index contributed by atoms with van der Waals surface area (Å²) >= 11 is 10.4. The van der Waals surface area contributed by atoms with Gasteiger partial charge in [0.1, 0.15) is 5.82 Å². The molecule has 2 aromatic rings. The molecule has 0 saturated heterocycles. The first kappa shape index (κ1) is 15.2. The van der Waals surface area contributed by atoms with Gasteiger partial charge >= 0.3 is 0 Å². The van der Waals surface area contributed by atoms with Gasteiger partial charge in [-0.15, -0.1) is 0 Å². The monoisotopic (exact) mass is 448 g/mol. The normalized spacial score (nSPS) is 12.5. The molecule has 0 amide bonds. The highest BCUT2D eigenvalue weighted by Crippen LogP contribution is 2.37. The number of hydrogen-bond donors (Lipinski definition) is 0. The maximum Gasteiger partial charge on any atom is 0.142 e. The van der Waals surface area contributed by atoms with Crippen LogP contribution in [0.15, 0.2) is 39.3 Å². The van der Waals surface area contributed by atoms with Crippen LogP contribution < -0.4 is 0 Å². The molecule has 0 saturated carbocycles. The Balaban J connectivity index is 2.53. The molecule has 0 aromatic heterocycles. The van der Waals surface area contributed by atoms with E-state index in [0.29, 0.717) is 10.0 Å². The number of benzene rings is 2. The van der Waals surface area contributed by atoms with Crippen molar-refractivity contribution in [1.82, 2.24) is 0 Å². The van der Waals surface area contributed by atoms with Crippen molar-refractivity contribution in [3.05, 3.63) is 67.3 Å². The Bertz CT molecular complexity index is 623. The number of hydrogen-bond acceptors (Lipinski definition) is 0. The first-order chi connectivity index (χ1) is 8.91. The first-order valence-corrected chi connectivity index (χ1v) is 8.26. The molecule has 0 aliphatic heterocycles. The zero-order valence-electron chi connectivity index (χ0n) is 10.5. The van der Waals surface area contributed by atoms with Gasteiger partial charge in [0, 0.05) is 10.0 Å². The second kappa shape index (κ2) is 6.06. The first-order valence-electron chi connectivity index (χ1n) is 5.76. The smallest absolute Gasteiger partial charge is 0.142 e. The van der Waals surface area contributed by atoms with Gasteiger partial charge in [-0.05, 0) is 58.6 Å². The summed E-state index contributed by atoms with van der Waals surface area (Å²) < 4.78 is 15.7. The van der Waals surface area contributed by atoms with Crippen LogP contribution in [0.25, 0.3) is 0 Å². The lowest BCUT2D eigenvalue weighted by Gasteiger charge is -2.16. The summed E-state index contributed by atoms with van der Waals surface area (Å²) in [5.41, 5.74) is 3.98. The second-order valence-corrected chi connectivity index (χ2v) is 7.09. The molecule has 2 rings (SSSR count). The average Bonchev–Trinajstić information content (AvgIpc) is 2.36.